The maximum atomic E-state index is 5.04. The standard InChI is InChI=1S/C19H22N2/c1-13(2)17-12-16(14-6-4-3-5-7-14)19-18(20-17)15-8-10-21(19)11-9-15/h3-7,12-13,15H,8-11H2,1-2H3. The Labute approximate surface area is 126 Å². The first-order chi connectivity index (χ1) is 10.2. The Hall–Kier alpha value is -1.83. The molecule has 0 unspecified atom stereocenters. The van der Waals surface area contributed by atoms with Crippen molar-refractivity contribution in [2.24, 2.45) is 0 Å². The molecule has 1 aromatic heterocycles. The van der Waals surface area contributed by atoms with Crippen molar-refractivity contribution < 1.29 is 0 Å². The molecule has 2 heteroatoms. The number of pyridine rings is 1. The molecule has 3 aliphatic rings. The van der Waals surface area contributed by atoms with E-state index in [0.29, 0.717) is 11.8 Å². The van der Waals surface area contributed by atoms with Crippen molar-refractivity contribution in [1.82, 2.24) is 4.98 Å². The summed E-state index contributed by atoms with van der Waals surface area (Å²) >= 11 is 0. The lowest BCUT2D eigenvalue weighted by atomic mass is 9.83. The van der Waals surface area contributed by atoms with Gasteiger partial charge in [-0.05, 0) is 30.4 Å². The summed E-state index contributed by atoms with van der Waals surface area (Å²) in [6.07, 6.45) is 2.55. The van der Waals surface area contributed by atoms with Crippen LogP contribution in [0, 0.1) is 0 Å². The molecule has 5 rings (SSSR count). The van der Waals surface area contributed by atoms with Crippen molar-refractivity contribution in [3.8, 4) is 11.1 Å². The fraction of sp³-hybridized carbons (Fsp3) is 0.421. The molecule has 0 spiro atoms. The van der Waals surface area contributed by atoms with Crippen LogP contribution in [0.2, 0.25) is 0 Å². The molecule has 2 aromatic rings. The molecule has 0 radical (unpaired) electrons. The van der Waals surface area contributed by atoms with Gasteiger partial charge in [-0.2, -0.15) is 0 Å². The Kier molecular flexibility index (Phi) is 2.99. The minimum Gasteiger partial charge on any atom is -0.370 e. The van der Waals surface area contributed by atoms with E-state index in [9.17, 15) is 0 Å². The fourth-order valence-corrected chi connectivity index (χ4v) is 3.71. The number of rotatable bonds is 2. The van der Waals surface area contributed by atoms with E-state index in [1.165, 1.54) is 54.1 Å². The minimum atomic E-state index is 0.480. The van der Waals surface area contributed by atoms with Crippen LogP contribution < -0.4 is 4.90 Å². The smallest absolute Gasteiger partial charge is 0.0678 e. The Balaban J connectivity index is 1.97. The summed E-state index contributed by atoms with van der Waals surface area (Å²) in [5, 5.41) is 0. The van der Waals surface area contributed by atoms with Crippen LogP contribution in [0.4, 0.5) is 5.69 Å². The Morgan fingerprint density at radius 3 is 2.48 bits per heavy atom. The van der Waals surface area contributed by atoms with Gasteiger partial charge in [-0.3, -0.25) is 4.98 Å². The van der Waals surface area contributed by atoms with Crippen LogP contribution in [-0.2, 0) is 0 Å². The van der Waals surface area contributed by atoms with Crippen LogP contribution in [0.3, 0.4) is 0 Å². The number of aromatic nitrogens is 1. The second-order valence-corrected chi connectivity index (χ2v) is 6.61. The van der Waals surface area contributed by atoms with Gasteiger partial charge in [-0.1, -0.05) is 44.2 Å². The highest BCUT2D eigenvalue weighted by Crippen LogP contribution is 2.46. The summed E-state index contributed by atoms with van der Waals surface area (Å²) < 4.78 is 0. The van der Waals surface area contributed by atoms with Crippen LogP contribution in [0.1, 0.15) is 49.9 Å². The first-order valence-electron chi connectivity index (χ1n) is 8.09. The molecule has 1 saturated heterocycles. The van der Waals surface area contributed by atoms with Crippen LogP contribution in [0.15, 0.2) is 36.4 Å². The molecule has 1 fully saturated rings. The molecule has 0 N–H and O–H groups in total. The molecule has 2 bridgehead atoms. The Morgan fingerprint density at radius 1 is 1.10 bits per heavy atom. The van der Waals surface area contributed by atoms with Gasteiger partial charge in [0.25, 0.3) is 0 Å². The van der Waals surface area contributed by atoms with Crippen LogP contribution in [-0.4, -0.2) is 18.1 Å². The van der Waals surface area contributed by atoms with Gasteiger partial charge in [-0.25, -0.2) is 0 Å². The van der Waals surface area contributed by atoms with Gasteiger partial charge in [0.05, 0.1) is 11.4 Å². The molecule has 0 atom stereocenters. The topological polar surface area (TPSA) is 16.1 Å². The summed E-state index contributed by atoms with van der Waals surface area (Å²) in [4.78, 5) is 7.59. The zero-order chi connectivity index (χ0) is 14.4. The molecule has 0 aliphatic carbocycles. The monoisotopic (exact) mass is 278 g/mol. The Bertz CT molecular complexity index is 653. The summed E-state index contributed by atoms with van der Waals surface area (Å²) in [5.41, 5.74) is 6.71. The molecule has 0 amide bonds. The summed E-state index contributed by atoms with van der Waals surface area (Å²) in [6.45, 7) is 6.87. The molecule has 3 aliphatic heterocycles. The quantitative estimate of drug-likeness (QED) is 0.800. The van der Waals surface area contributed by atoms with E-state index in [1.54, 1.807) is 0 Å². The lowest BCUT2D eigenvalue weighted by molar-refractivity contribution is 0.462. The molecular weight excluding hydrogens is 256 g/mol. The number of nitrogens with zero attached hydrogens (tertiary/aromatic N) is 2. The van der Waals surface area contributed by atoms with Gasteiger partial charge in [0, 0.05) is 30.3 Å². The van der Waals surface area contributed by atoms with Gasteiger partial charge in [0.15, 0.2) is 0 Å². The zero-order valence-corrected chi connectivity index (χ0v) is 12.8. The predicted octanol–water partition coefficient (Wildman–Crippen LogP) is 4.57. The number of benzene rings is 1. The van der Waals surface area contributed by atoms with Crippen molar-refractivity contribution in [3.05, 3.63) is 47.8 Å². The highest BCUT2D eigenvalue weighted by molar-refractivity contribution is 5.82. The first kappa shape index (κ1) is 12.9. The van der Waals surface area contributed by atoms with Gasteiger partial charge in [0.1, 0.15) is 0 Å². The maximum absolute atomic E-state index is 5.04. The molecule has 108 valence electrons. The van der Waals surface area contributed by atoms with E-state index >= 15 is 0 Å². The average Bonchev–Trinajstić information content (AvgIpc) is 2.55. The van der Waals surface area contributed by atoms with Crippen molar-refractivity contribution in [1.29, 1.82) is 0 Å². The van der Waals surface area contributed by atoms with Gasteiger partial charge < -0.3 is 4.90 Å². The third-order valence-electron chi connectivity index (χ3n) is 4.91. The molecule has 0 saturated carbocycles. The van der Waals surface area contributed by atoms with E-state index in [0.717, 1.165) is 0 Å². The second-order valence-electron chi connectivity index (χ2n) is 6.61. The number of anilines is 1. The number of hydrogen-bond donors (Lipinski definition) is 0. The summed E-state index contributed by atoms with van der Waals surface area (Å²) in [6, 6.07) is 13.1. The zero-order valence-electron chi connectivity index (χ0n) is 12.8. The third kappa shape index (κ3) is 2.05. The lowest BCUT2D eigenvalue weighted by Crippen LogP contribution is -2.40. The van der Waals surface area contributed by atoms with Crippen LogP contribution in [0.5, 0.6) is 0 Å². The molecule has 4 heterocycles. The van der Waals surface area contributed by atoms with Crippen molar-refractivity contribution >= 4 is 5.69 Å². The lowest BCUT2D eigenvalue weighted by Gasteiger charge is -2.43. The SMILES string of the molecule is CC(C)c1cc(-c2ccccc2)c2c(n1)C1CCN2CC1. The Morgan fingerprint density at radius 2 is 1.81 bits per heavy atom. The highest BCUT2D eigenvalue weighted by Gasteiger charge is 2.34. The molecule has 2 nitrogen and oxygen atoms in total. The van der Waals surface area contributed by atoms with Gasteiger partial charge in [0.2, 0.25) is 0 Å². The number of piperidine rings is 1. The minimum absolute atomic E-state index is 0.480. The van der Waals surface area contributed by atoms with E-state index < -0.39 is 0 Å². The summed E-state index contributed by atoms with van der Waals surface area (Å²) in [7, 11) is 0. The van der Waals surface area contributed by atoms with Crippen LogP contribution >= 0.6 is 0 Å². The van der Waals surface area contributed by atoms with E-state index in [2.05, 4.69) is 55.1 Å². The maximum Gasteiger partial charge on any atom is 0.0678 e. The highest BCUT2D eigenvalue weighted by atomic mass is 15.2. The van der Waals surface area contributed by atoms with Gasteiger partial charge >= 0.3 is 0 Å². The second kappa shape index (κ2) is 4.87. The number of fused-ring (bicyclic) bond motifs is 2. The van der Waals surface area contributed by atoms with E-state index in [4.69, 9.17) is 4.98 Å². The normalized spacial score (nSPS) is 17.4. The third-order valence-corrected chi connectivity index (χ3v) is 4.91. The average molecular weight is 278 g/mol. The van der Waals surface area contributed by atoms with Crippen molar-refractivity contribution in [3.63, 3.8) is 0 Å². The molecule has 21 heavy (non-hydrogen) atoms. The molecular formula is C19H22N2. The van der Waals surface area contributed by atoms with Crippen molar-refractivity contribution in [2.75, 3.05) is 18.0 Å². The largest absolute Gasteiger partial charge is 0.370 e. The fourth-order valence-electron chi connectivity index (χ4n) is 3.71. The summed E-state index contributed by atoms with van der Waals surface area (Å²) in [5.74, 6) is 1.15. The van der Waals surface area contributed by atoms with Crippen LogP contribution in [0.25, 0.3) is 11.1 Å². The van der Waals surface area contributed by atoms with Gasteiger partial charge in [-0.15, -0.1) is 0 Å². The van der Waals surface area contributed by atoms with Crippen molar-refractivity contribution in [2.45, 2.75) is 38.5 Å². The predicted molar refractivity (Wildman–Crippen MR) is 88.0 cm³/mol. The van der Waals surface area contributed by atoms with E-state index in [-0.39, 0.29) is 0 Å². The first-order valence-corrected chi connectivity index (χ1v) is 8.09. The molecule has 1 aromatic carbocycles. The van der Waals surface area contributed by atoms with E-state index in [1.807, 2.05) is 0 Å². The number of hydrogen-bond acceptors (Lipinski definition) is 2.